The van der Waals surface area contributed by atoms with Gasteiger partial charge >= 0.3 is 0 Å². The van der Waals surface area contributed by atoms with Crippen LogP contribution in [0.1, 0.15) is 33.6 Å². The minimum absolute atomic E-state index is 0.0442. The Morgan fingerprint density at radius 1 is 1.56 bits per heavy atom. The van der Waals surface area contributed by atoms with Gasteiger partial charge in [0.1, 0.15) is 0 Å². The molecule has 0 saturated carbocycles. The summed E-state index contributed by atoms with van der Waals surface area (Å²) < 4.78 is 5.44. The Bertz CT molecular complexity index is 231. The number of hydrogen-bond acceptors (Lipinski definition) is 3. The Hall–Kier alpha value is -0.610. The number of amides is 1. The maximum atomic E-state index is 11.6. The first-order valence-electron chi connectivity index (χ1n) is 6.14. The van der Waals surface area contributed by atoms with Gasteiger partial charge in [-0.3, -0.25) is 4.79 Å². The zero-order valence-corrected chi connectivity index (χ0v) is 10.5. The van der Waals surface area contributed by atoms with Crippen molar-refractivity contribution in [2.75, 3.05) is 13.2 Å². The summed E-state index contributed by atoms with van der Waals surface area (Å²) in [6.07, 6.45) is 1.72. The van der Waals surface area contributed by atoms with Crippen LogP contribution in [0.3, 0.4) is 0 Å². The third-order valence-corrected chi connectivity index (χ3v) is 3.37. The maximum Gasteiger partial charge on any atom is 0.221 e. The number of carbonyl (C=O) groups excluding carboxylic acids is 1. The Labute approximate surface area is 97.9 Å². The molecule has 3 unspecified atom stereocenters. The van der Waals surface area contributed by atoms with Gasteiger partial charge in [-0.2, -0.15) is 0 Å². The van der Waals surface area contributed by atoms with Crippen LogP contribution >= 0.6 is 0 Å². The fourth-order valence-electron chi connectivity index (χ4n) is 1.81. The molecule has 1 heterocycles. The number of hydrogen-bond donors (Lipinski definition) is 2. The van der Waals surface area contributed by atoms with Gasteiger partial charge < -0.3 is 15.8 Å². The predicted octanol–water partition coefficient (Wildman–Crippen LogP) is 0.901. The summed E-state index contributed by atoms with van der Waals surface area (Å²) in [5.41, 5.74) is 5.84. The minimum Gasteiger partial charge on any atom is -0.378 e. The molecule has 16 heavy (non-hydrogen) atoms. The molecule has 3 N–H and O–H groups in total. The van der Waals surface area contributed by atoms with Crippen molar-refractivity contribution >= 4 is 5.91 Å². The van der Waals surface area contributed by atoms with Crippen molar-refractivity contribution in [2.24, 2.45) is 17.6 Å². The van der Waals surface area contributed by atoms with Crippen molar-refractivity contribution in [2.45, 2.75) is 45.8 Å². The summed E-state index contributed by atoms with van der Waals surface area (Å²) in [6, 6.07) is -0.0442. The number of ether oxygens (including phenoxy) is 1. The smallest absolute Gasteiger partial charge is 0.221 e. The van der Waals surface area contributed by atoms with Gasteiger partial charge in [-0.25, -0.2) is 0 Å². The lowest BCUT2D eigenvalue weighted by Gasteiger charge is -2.17. The van der Waals surface area contributed by atoms with E-state index >= 15 is 0 Å². The molecule has 0 bridgehead atoms. The molecular weight excluding hydrogens is 204 g/mol. The van der Waals surface area contributed by atoms with Gasteiger partial charge in [0.05, 0.1) is 6.10 Å². The van der Waals surface area contributed by atoms with Crippen molar-refractivity contribution in [3.8, 4) is 0 Å². The molecule has 0 aromatic heterocycles. The average Bonchev–Trinajstić information content (AvgIpc) is 2.61. The summed E-state index contributed by atoms with van der Waals surface area (Å²) in [5, 5.41) is 2.94. The molecule has 0 aliphatic carbocycles. The predicted molar refractivity (Wildman–Crippen MR) is 64.0 cm³/mol. The first-order valence-corrected chi connectivity index (χ1v) is 6.14. The third kappa shape index (κ3) is 4.10. The normalized spacial score (nSPS) is 27.1. The van der Waals surface area contributed by atoms with E-state index in [1.54, 1.807) is 0 Å². The molecule has 94 valence electrons. The molecule has 3 atom stereocenters. The molecule has 4 heteroatoms. The first kappa shape index (κ1) is 13.5. The molecule has 0 radical (unpaired) electrons. The number of rotatable bonds is 5. The molecule has 4 nitrogen and oxygen atoms in total. The molecule has 1 amide bonds. The van der Waals surface area contributed by atoms with E-state index in [0.29, 0.717) is 24.8 Å². The summed E-state index contributed by atoms with van der Waals surface area (Å²) in [7, 11) is 0. The Morgan fingerprint density at radius 3 is 2.75 bits per heavy atom. The number of carbonyl (C=O) groups is 1. The lowest BCUT2D eigenvalue weighted by molar-refractivity contribution is -0.121. The van der Waals surface area contributed by atoms with Gasteiger partial charge in [0.25, 0.3) is 0 Å². The van der Waals surface area contributed by atoms with E-state index < -0.39 is 0 Å². The zero-order valence-electron chi connectivity index (χ0n) is 10.5. The van der Waals surface area contributed by atoms with E-state index in [1.165, 1.54) is 0 Å². The van der Waals surface area contributed by atoms with Crippen LogP contribution in [0, 0.1) is 11.8 Å². The van der Waals surface area contributed by atoms with Crippen LogP contribution in [0.15, 0.2) is 0 Å². The highest BCUT2D eigenvalue weighted by Gasteiger charge is 2.24. The van der Waals surface area contributed by atoms with Gasteiger partial charge in [0.2, 0.25) is 5.91 Å². The minimum atomic E-state index is -0.0442. The standard InChI is InChI=1S/C12H24N2O2/c1-8(2)11(13)6-12(15)14-7-10-4-5-16-9(10)3/h8-11H,4-7,13H2,1-3H3,(H,14,15). The highest BCUT2D eigenvalue weighted by atomic mass is 16.5. The maximum absolute atomic E-state index is 11.6. The van der Waals surface area contributed by atoms with E-state index in [2.05, 4.69) is 12.2 Å². The average molecular weight is 228 g/mol. The van der Waals surface area contributed by atoms with Crippen LogP contribution < -0.4 is 11.1 Å². The monoisotopic (exact) mass is 228 g/mol. The van der Waals surface area contributed by atoms with Crippen LogP contribution in [0.5, 0.6) is 0 Å². The Kier molecular flexibility index (Phi) is 5.22. The van der Waals surface area contributed by atoms with Crippen molar-refractivity contribution in [3.63, 3.8) is 0 Å². The van der Waals surface area contributed by atoms with E-state index in [9.17, 15) is 4.79 Å². The van der Waals surface area contributed by atoms with Gasteiger partial charge in [0, 0.05) is 31.5 Å². The van der Waals surface area contributed by atoms with E-state index in [1.807, 2.05) is 13.8 Å². The first-order chi connectivity index (χ1) is 7.50. The molecule has 0 aromatic carbocycles. The molecule has 0 spiro atoms. The van der Waals surface area contributed by atoms with Gasteiger partial charge in [0.15, 0.2) is 0 Å². The van der Waals surface area contributed by atoms with Gasteiger partial charge in [-0.15, -0.1) is 0 Å². The van der Waals surface area contributed by atoms with E-state index in [-0.39, 0.29) is 18.1 Å². The van der Waals surface area contributed by atoms with Crippen molar-refractivity contribution in [1.29, 1.82) is 0 Å². The Balaban J connectivity index is 2.19. The molecule has 1 fully saturated rings. The molecule has 1 aliphatic heterocycles. The summed E-state index contributed by atoms with van der Waals surface area (Å²) in [4.78, 5) is 11.6. The van der Waals surface area contributed by atoms with Crippen molar-refractivity contribution in [1.82, 2.24) is 5.32 Å². The molecule has 1 aliphatic rings. The van der Waals surface area contributed by atoms with E-state index in [0.717, 1.165) is 13.0 Å². The topological polar surface area (TPSA) is 64.4 Å². The van der Waals surface area contributed by atoms with Gasteiger partial charge in [-0.05, 0) is 19.3 Å². The van der Waals surface area contributed by atoms with Crippen LogP contribution in [0.2, 0.25) is 0 Å². The highest BCUT2D eigenvalue weighted by Crippen LogP contribution is 2.19. The molecule has 1 saturated heterocycles. The molecule has 1 rings (SSSR count). The lowest BCUT2D eigenvalue weighted by atomic mass is 10.0. The third-order valence-electron chi connectivity index (χ3n) is 3.37. The number of nitrogens with one attached hydrogen (secondary N) is 1. The van der Waals surface area contributed by atoms with E-state index in [4.69, 9.17) is 10.5 Å². The lowest BCUT2D eigenvalue weighted by Crippen LogP contribution is -2.37. The second kappa shape index (κ2) is 6.21. The van der Waals surface area contributed by atoms with Crippen molar-refractivity contribution in [3.05, 3.63) is 0 Å². The van der Waals surface area contributed by atoms with Crippen LogP contribution in [0.25, 0.3) is 0 Å². The largest absolute Gasteiger partial charge is 0.378 e. The number of nitrogens with two attached hydrogens (primary N) is 1. The summed E-state index contributed by atoms with van der Waals surface area (Å²) in [5.74, 6) is 0.860. The summed E-state index contributed by atoms with van der Waals surface area (Å²) >= 11 is 0. The second-order valence-electron chi connectivity index (χ2n) is 5.04. The Morgan fingerprint density at radius 2 is 2.25 bits per heavy atom. The summed E-state index contributed by atoms with van der Waals surface area (Å²) in [6.45, 7) is 7.65. The van der Waals surface area contributed by atoms with Crippen LogP contribution in [-0.2, 0) is 9.53 Å². The zero-order chi connectivity index (χ0) is 12.1. The fraction of sp³-hybridized carbons (Fsp3) is 0.917. The highest BCUT2D eigenvalue weighted by molar-refractivity contribution is 5.76. The quantitative estimate of drug-likeness (QED) is 0.735. The van der Waals surface area contributed by atoms with Crippen LogP contribution in [0.4, 0.5) is 0 Å². The second-order valence-corrected chi connectivity index (χ2v) is 5.04. The molecular formula is C12H24N2O2. The fourth-order valence-corrected chi connectivity index (χ4v) is 1.81. The van der Waals surface area contributed by atoms with Crippen LogP contribution in [-0.4, -0.2) is 31.2 Å². The van der Waals surface area contributed by atoms with Crippen molar-refractivity contribution < 1.29 is 9.53 Å². The molecule has 0 aromatic rings. The van der Waals surface area contributed by atoms with Gasteiger partial charge in [-0.1, -0.05) is 13.8 Å². The SMILES string of the molecule is CC(C)C(N)CC(=O)NCC1CCOC1C.